The summed E-state index contributed by atoms with van der Waals surface area (Å²) in [5.74, 6) is 0.582. The van der Waals surface area contributed by atoms with Gasteiger partial charge in [-0.2, -0.15) is 0 Å². The van der Waals surface area contributed by atoms with Crippen LogP contribution < -0.4 is 10.6 Å². The van der Waals surface area contributed by atoms with Crippen LogP contribution in [-0.2, 0) is 11.2 Å². The van der Waals surface area contributed by atoms with Crippen molar-refractivity contribution in [1.82, 2.24) is 15.3 Å². The monoisotopic (exact) mass is 280 g/mol. The Morgan fingerprint density at radius 3 is 2.65 bits per heavy atom. The molecule has 6 nitrogen and oxygen atoms in total. The molecule has 0 unspecified atom stereocenters. The lowest BCUT2D eigenvalue weighted by Gasteiger charge is -2.19. The van der Waals surface area contributed by atoms with E-state index in [-0.39, 0.29) is 0 Å². The number of rotatable bonds is 5. The van der Waals surface area contributed by atoms with Crippen molar-refractivity contribution in [3.63, 3.8) is 0 Å². The predicted molar refractivity (Wildman–Crippen MR) is 78.9 cm³/mol. The Morgan fingerprint density at radius 2 is 2.05 bits per heavy atom. The highest BCUT2D eigenvalue weighted by molar-refractivity contribution is 5.67. The highest BCUT2D eigenvalue weighted by Crippen LogP contribution is 2.07. The van der Waals surface area contributed by atoms with Gasteiger partial charge in [-0.15, -0.1) is 0 Å². The lowest BCUT2D eigenvalue weighted by molar-refractivity contribution is 0.0530. The molecule has 1 amide bonds. The quantitative estimate of drug-likeness (QED) is 0.809. The molecule has 0 atom stereocenters. The molecule has 20 heavy (non-hydrogen) atoms. The van der Waals surface area contributed by atoms with Gasteiger partial charge >= 0.3 is 6.09 Å². The van der Waals surface area contributed by atoms with Gasteiger partial charge in [-0.05, 0) is 39.7 Å². The molecule has 0 aliphatic rings. The summed E-state index contributed by atoms with van der Waals surface area (Å²) in [5.41, 5.74) is 1.64. The summed E-state index contributed by atoms with van der Waals surface area (Å²) in [6, 6.07) is 0. The van der Waals surface area contributed by atoms with E-state index in [9.17, 15) is 4.79 Å². The fraction of sp³-hybridized carbons (Fsp3) is 0.643. The summed E-state index contributed by atoms with van der Waals surface area (Å²) in [6.07, 6.45) is 2.26. The van der Waals surface area contributed by atoms with Crippen LogP contribution in [0, 0.1) is 6.92 Å². The van der Waals surface area contributed by atoms with Crippen molar-refractivity contribution in [2.75, 3.05) is 18.4 Å². The van der Waals surface area contributed by atoms with Gasteiger partial charge in [0.05, 0.1) is 0 Å². The Kier molecular flexibility index (Phi) is 5.73. The maximum atomic E-state index is 11.4. The Balaban J connectivity index is 2.33. The van der Waals surface area contributed by atoms with E-state index in [2.05, 4.69) is 27.5 Å². The Morgan fingerprint density at radius 1 is 1.35 bits per heavy atom. The van der Waals surface area contributed by atoms with E-state index >= 15 is 0 Å². The van der Waals surface area contributed by atoms with Gasteiger partial charge in [0.25, 0.3) is 0 Å². The molecule has 1 rings (SSSR count). The van der Waals surface area contributed by atoms with Gasteiger partial charge in [0.2, 0.25) is 5.95 Å². The smallest absolute Gasteiger partial charge is 0.407 e. The van der Waals surface area contributed by atoms with Crippen molar-refractivity contribution in [3.05, 3.63) is 17.5 Å². The van der Waals surface area contributed by atoms with Crippen LogP contribution in [0.4, 0.5) is 10.7 Å². The van der Waals surface area contributed by atoms with Crippen LogP contribution in [0.2, 0.25) is 0 Å². The SMILES string of the molecule is CCc1nc(NCCNC(=O)OC(C)(C)C)ncc1C. The van der Waals surface area contributed by atoms with Crippen LogP contribution in [0.15, 0.2) is 6.20 Å². The summed E-state index contributed by atoms with van der Waals surface area (Å²) in [5, 5.41) is 5.74. The number of aromatic nitrogens is 2. The Labute approximate surface area is 120 Å². The third-order valence-electron chi connectivity index (χ3n) is 2.49. The van der Waals surface area contributed by atoms with Gasteiger partial charge < -0.3 is 15.4 Å². The highest BCUT2D eigenvalue weighted by Gasteiger charge is 2.15. The number of amides is 1. The number of carbonyl (C=O) groups excluding carboxylic acids is 1. The van der Waals surface area contributed by atoms with Gasteiger partial charge in [0, 0.05) is 25.0 Å². The molecule has 0 bridgehead atoms. The topological polar surface area (TPSA) is 76.1 Å². The molecule has 0 spiro atoms. The molecule has 0 fully saturated rings. The normalized spacial score (nSPS) is 11.1. The molecule has 0 saturated carbocycles. The van der Waals surface area contributed by atoms with Crippen molar-refractivity contribution < 1.29 is 9.53 Å². The molecule has 6 heteroatoms. The van der Waals surface area contributed by atoms with Gasteiger partial charge in [-0.25, -0.2) is 14.8 Å². The zero-order valence-corrected chi connectivity index (χ0v) is 12.9. The summed E-state index contributed by atoms with van der Waals surface area (Å²) < 4.78 is 5.13. The average molecular weight is 280 g/mol. The van der Waals surface area contributed by atoms with E-state index in [1.165, 1.54) is 0 Å². The maximum Gasteiger partial charge on any atom is 0.407 e. The fourth-order valence-corrected chi connectivity index (χ4v) is 1.57. The third-order valence-corrected chi connectivity index (χ3v) is 2.49. The number of hydrogen-bond donors (Lipinski definition) is 2. The third kappa shape index (κ3) is 5.86. The first kappa shape index (κ1) is 16.2. The van der Waals surface area contributed by atoms with Crippen LogP contribution in [0.5, 0.6) is 0 Å². The van der Waals surface area contributed by atoms with Crippen molar-refractivity contribution >= 4 is 12.0 Å². The molecular weight excluding hydrogens is 256 g/mol. The second kappa shape index (κ2) is 7.07. The summed E-state index contributed by atoms with van der Waals surface area (Å²) >= 11 is 0. The molecule has 1 heterocycles. The lowest BCUT2D eigenvalue weighted by atomic mass is 10.2. The number of nitrogens with zero attached hydrogens (tertiary/aromatic N) is 2. The number of aryl methyl sites for hydroxylation is 2. The highest BCUT2D eigenvalue weighted by atomic mass is 16.6. The summed E-state index contributed by atoms with van der Waals surface area (Å²) in [6.45, 7) is 10.5. The van der Waals surface area contributed by atoms with Gasteiger partial charge in [-0.1, -0.05) is 6.92 Å². The van der Waals surface area contributed by atoms with Crippen LogP contribution >= 0.6 is 0 Å². The number of hydrogen-bond acceptors (Lipinski definition) is 5. The van der Waals surface area contributed by atoms with Crippen molar-refractivity contribution in [1.29, 1.82) is 0 Å². The molecular formula is C14H24N4O2. The first-order valence-corrected chi connectivity index (χ1v) is 6.85. The lowest BCUT2D eigenvalue weighted by Crippen LogP contribution is -2.35. The minimum atomic E-state index is -0.479. The standard InChI is InChI=1S/C14H24N4O2/c1-6-11-10(2)9-17-12(18-11)15-7-8-16-13(19)20-14(3,4)5/h9H,6-8H2,1-5H3,(H,16,19)(H,15,17,18). The number of ether oxygens (including phenoxy) is 1. The molecule has 0 radical (unpaired) electrons. The van der Waals surface area contributed by atoms with E-state index in [1.807, 2.05) is 27.7 Å². The first-order valence-electron chi connectivity index (χ1n) is 6.85. The van der Waals surface area contributed by atoms with E-state index < -0.39 is 11.7 Å². The second-order valence-electron chi connectivity index (χ2n) is 5.53. The summed E-state index contributed by atoms with van der Waals surface area (Å²) in [7, 11) is 0. The number of carbonyl (C=O) groups is 1. The van der Waals surface area contributed by atoms with Crippen LogP contribution in [0.3, 0.4) is 0 Å². The van der Waals surface area contributed by atoms with Crippen molar-refractivity contribution in [2.45, 2.75) is 46.6 Å². The van der Waals surface area contributed by atoms with Crippen molar-refractivity contribution in [2.24, 2.45) is 0 Å². The fourth-order valence-electron chi connectivity index (χ4n) is 1.57. The van der Waals surface area contributed by atoms with Gasteiger partial charge in [-0.3, -0.25) is 0 Å². The molecule has 0 aromatic carbocycles. The summed E-state index contributed by atoms with van der Waals surface area (Å²) in [4.78, 5) is 20.0. The Hall–Kier alpha value is -1.85. The molecule has 1 aromatic heterocycles. The Bertz CT molecular complexity index is 455. The van der Waals surface area contributed by atoms with E-state index in [4.69, 9.17) is 4.74 Å². The minimum Gasteiger partial charge on any atom is -0.444 e. The number of anilines is 1. The van der Waals surface area contributed by atoms with Gasteiger partial charge in [0.15, 0.2) is 0 Å². The van der Waals surface area contributed by atoms with E-state index in [1.54, 1.807) is 6.20 Å². The van der Waals surface area contributed by atoms with Crippen LogP contribution in [0.1, 0.15) is 39.0 Å². The zero-order valence-electron chi connectivity index (χ0n) is 12.9. The molecule has 1 aromatic rings. The molecule has 0 aliphatic heterocycles. The minimum absolute atomic E-state index is 0.418. The van der Waals surface area contributed by atoms with Crippen molar-refractivity contribution in [3.8, 4) is 0 Å². The predicted octanol–water partition coefficient (Wildman–Crippen LogP) is 2.28. The second-order valence-corrected chi connectivity index (χ2v) is 5.53. The average Bonchev–Trinajstić information content (AvgIpc) is 2.34. The largest absolute Gasteiger partial charge is 0.444 e. The molecule has 112 valence electrons. The molecule has 2 N–H and O–H groups in total. The molecule has 0 aliphatic carbocycles. The van der Waals surface area contributed by atoms with E-state index in [0.717, 1.165) is 17.7 Å². The molecule has 0 saturated heterocycles. The first-order chi connectivity index (χ1) is 9.31. The van der Waals surface area contributed by atoms with E-state index in [0.29, 0.717) is 19.0 Å². The van der Waals surface area contributed by atoms with Gasteiger partial charge in [0.1, 0.15) is 5.60 Å². The van der Waals surface area contributed by atoms with Crippen LogP contribution in [-0.4, -0.2) is 34.8 Å². The maximum absolute atomic E-state index is 11.4. The zero-order chi connectivity index (χ0) is 15.2. The van der Waals surface area contributed by atoms with Crippen LogP contribution in [0.25, 0.3) is 0 Å². The number of alkyl carbamates (subject to hydrolysis) is 1. The number of nitrogens with one attached hydrogen (secondary N) is 2.